The van der Waals surface area contributed by atoms with E-state index in [0.29, 0.717) is 17.0 Å². The van der Waals surface area contributed by atoms with E-state index in [1.54, 1.807) is 43.6 Å². The summed E-state index contributed by atoms with van der Waals surface area (Å²) in [5, 5.41) is 9.70. The van der Waals surface area contributed by atoms with Crippen molar-refractivity contribution < 1.29 is 19.4 Å². The number of carbonyl (C=O) groups is 2. The maximum atomic E-state index is 12.5. The molecule has 1 N–H and O–H groups in total. The highest BCUT2D eigenvalue weighted by molar-refractivity contribution is 5.95. The number of carboxylic acids is 1. The number of aliphatic carboxylic acids is 1. The first-order chi connectivity index (χ1) is 10.6. The van der Waals surface area contributed by atoms with Crippen molar-refractivity contribution in [3.63, 3.8) is 0 Å². The summed E-state index contributed by atoms with van der Waals surface area (Å²) >= 11 is 0. The summed E-state index contributed by atoms with van der Waals surface area (Å²) in [5.41, 5.74) is 1.05. The summed E-state index contributed by atoms with van der Waals surface area (Å²) < 4.78 is 6.86. The number of methoxy groups -OCH3 is 1. The van der Waals surface area contributed by atoms with Crippen molar-refractivity contribution >= 4 is 11.9 Å². The molecule has 6 heteroatoms. The normalized spacial score (nSPS) is 20.6. The Morgan fingerprint density at radius 1 is 1.23 bits per heavy atom. The third-order valence-corrected chi connectivity index (χ3v) is 4.04. The molecule has 3 rings (SSSR count). The maximum Gasteiger partial charge on any atom is 0.329 e. The van der Waals surface area contributed by atoms with Gasteiger partial charge in [-0.05, 0) is 18.2 Å². The second kappa shape index (κ2) is 5.22. The predicted molar refractivity (Wildman–Crippen MR) is 78.9 cm³/mol. The van der Waals surface area contributed by atoms with Crippen LogP contribution in [0.2, 0.25) is 0 Å². The van der Waals surface area contributed by atoms with Gasteiger partial charge in [-0.15, -0.1) is 0 Å². The molecule has 0 saturated heterocycles. The smallest absolute Gasteiger partial charge is 0.329 e. The van der Waals surface area contributed by atoms with Crippen molar-refractivity contribution in [3.8, 4) is 5.75 Å². The van der Waals surface area contributed by atoms with E-state index >= 15 is 0 Å². The lowest BCUT2D eigenvalue weighted by atomic mass is 9.94. The lowest BCUT2D eigenvalue weighted by Gasteiger charge is -2.39. The van der Waals surface area contributed by atoms with Gasteiger partial charge in [-0.1, -0.05) is 18.2 Å². The first-order valence-corrected chi connectivity index (χ1v) is 6.86. The molecule has 0 aliphatic carbocycles. The van der Waals surface area contributed by atoms with Gasteiger partial charge in [0.05, 0.1) is 13.2 Å². The number of benzene rings is 1. The third-order valence-electron chi connectivity index (χ3n) is 4.04. The number of carbonyl (C=O) groups excluding carboxylic acids is 1. The van der Waals surface area contributed by atoms with Crippen molar-refractivity contribution in [2.24, 2.45) is 0 Å². The van der Waals surface area contributed by atoms with E-state index in [1.165, 1.54) is 16.6 Å². The molecule has 22 heavy (non-hydrogen) atoms. The zero-order valence-corrected chi connectivity index (χ0v) is 12.3. The number of hydrogen-bond donors (Lipinski definition) is 1. The molecule has 1 aliphatic heterocycles. The molecule has 1 aromatic carbocycles. The van der Waals surface area contributed by atoms with Crippen LogP contribution in [0.4, 0.5) is 0 Å². The second-order valence-corrected chi connectivity index (χ2v) is 5.19. The first-order valence-electron chi connectivity index (χ1n) is 6.86. The van der Waals surface area contributed by atoms with E-state index in [2.05, 4.69) is 0 Å². The summed E-state index contributed by atoms with van der Waals surface area (Å²) in [6.07, 6.45) is 1.63. The summed E-state index contributed by atoms with van der Waals surface area (Å²) in [4.78, 5) is 25.8. The zero-order chi connectivity index (χ0) is 15.9. The molecule has 0 spiro atoms. The summed E-state index contributed by atoms with van der Waals surface area (Å²) in [6.45, 7) is 0. The second-order valence-electron chi connectivity index (χ2n) is 5.19. The topological polar surface area (TPSA) is 71.8 Å². The number of hydrogen-bond acceptors (Lipinski definition) is 3. The van der Waals surface area contributed by atoms with Crippen LogP contribution in [0, 0.1) is 0 Å². The molecular weight excluding hydrogens is 284 g/mol. The monoisotopic (exact) mass is 300 g/mol. The number of likely N-dealkylation sites (N-methyl/N-ethyl adjacent to an activating group) is 1. The van der Waals surface area contributed by atoms with E-state index in [0.717, 1.165) is 0 Å². The maximum absolute atomic E-state index is 12.5. The van der Waals surface area contributed by atoms with Crippen LogP contribution in [0.5, 0.6) is 5.75 Å². The van der Waals surface area contributed by atoms with Crippen molar-refractivity contribution in [1.82, 2.24) is 9.47 Å². The van der Waals surface area contributed by atoms with Gasteiger partial charge in [0.1, 0.15) is 11.4 Å². The number of nitrogens with zero attached hydrogens (tertiary/aromatic N) is 2. The number of fused-ring (bicyclic) bond motifs is 1. The number of rotatable bonds is 3. The number of para-hydroxylation sites is 1. The van der Waals surface area contributed by atoms with Crippen molar-refractivity contribution in [1.29, 1.82) is 0 Å². The van der Waals surface area contributed by atoms with Crippen molar-refractivity contribution in [2.75, 3.05) is 14.2 Å². The van der Waals surface area contributed by atoms with Gasteiger partial charge < -0.3 is 19.3 Å². The Morgan fingerprint density at radius 2 is 1.95 bits per heavy atom. The summed E-state index contributed by atoms with van der Waals surface area (Å²) in [7, 11) is 3.15. The molecule has 2 heterocycles. The van der Waals surface area contributed by atoms with Crippen LogP contribution in [0.1, 0.15) is 28.1 Å². The number of aromatic nitrogens is 1. The van der Waals surface area contributed by atoms with Crippen LogP contribution in [0.25, 0.3) is 0 Å². The molecule has 0 saturated carbocycles. The average Bonchev–Trinajstić information content (AvgIpc) is 2.99. The van der Waals surface area contributed by atoms with Crippen LogP contribution in [-0.4, -0.2) is 40.6 Å². The molecule has 1 aromatic heterocycles. The summed E-state index contributed by atoms with van der Waals surface area (Å²) in [5.74, 6) is -0.639. The highest BCUT2D eigenvalue weighted by Crippen LogP contribution is 2.41. The van der Waals surface area contributed by atoms with E-state index < -0.39 is 18.1 Å². The highest BCUT2D eigenvalue weighted by atomic mass is 16.5. The highest BCUT2D eigenvalue weighted by Gasteiger charge is 2.43. The SMILES string of the molecule is COc1ccccc1C1C(C(=O)O)n2cccc2C(=O)N1C. The third kappa shape index (κ3) is 1.95. The van der Waals surface area contributed by atoms with E-state index in [4.69, 9.17) is 4.74 Å². The van der Waals surface area contributed by atoms with Gasteiger partial charge in [0.15, 0.2) is 6.04 Å². The lowest BCUT2D eigenvalue weighted by Crippen LogP contribution is -2.45. The van der Waals surface area contributed by atoms with Gasteiger partial charge in [0.2, 0.25) is 0 Å². The molecule has 2 atom stereocenters. The van der Waals surface area contributed by atoms with Gasteiger partial charge in [0, 0.05) is 18.8 Å². The van der Waals surface area contributed by atoms with Crippen LogP contribution in [0.15, 0.2) is 42.6 Å². The number of carboxylic acid groups (broad SMARTS) is 1. The Hall–Kier alpha value is -2.76. The Balaban J connectivity index is 2.21. The largest absolute Gasteiger partial charge is 0.496 e. The molecule has 0 fully saturated rings. The van der Waals surface area contributed by atoms with Gasteiger partial charge in [-0.25, -0.2) is 4.79 Å². The zero-order valence-electron chi connectivity index (χ0n) is 12.3. The fourth-order valence-electron chi connectivity index (χ4n) is 3.03. The number of ether oxygens (including phenoxy) is 1. The van der Waals surface area contributed by atoms with E-state index in [-0.39, 0.29) is 5.91 Å². The Morgan fingerprint density at radius 3 is 2.64 bits per heavy atom. The average molecular weight is 300 g/mol. The molecule has 0 bridgehead atoms. The van der Waals surface area contributed by atoms with Crippen LogP contribution in [0.3, 0.4) is 0 Å². The molecule has 1 amide bonds. The molecule has 114 valence electrons. The summed E-state index contributed by atoms with van der Waals surface area (Å²) in [6, 6.07) is 8.94. The van der Waals surface area contributed by atoms with Gasteiger partial charge in [0.25, 0.3) is 5.91 Å². The molecule has 1 aliphatic rings. The standard InChI is InChI=1S/C16H16N2O4/c1-17-13(10-6-3-4-8-12(10)22-2)14(16(20)21)18-9-5-7-11(18)15(17)19/h3-9,13-14H,1-2H3,(H,20,21). The van der Waals surface area contributed by atoms with Gasteiger partial charge >= 0.3 is 5.97 Å². The minimum Gasteiger partial charge on any atom is -0.496 e. The quantitative estimate of drug-likeness (QED) is 0.940. The Kier molecular flexibility index (Phi) is 3.36. The minimum atomic E-state index is -0.993. The van der Waals surface area contributed by atoms with Crippen LogP contribution in [-0.2, 0) is 4.79 Å². The molecule has 6 nitrogen and oxygen atoms in total. The molecule has 2 unspecified atom stereocenters. The van der Waals surface area contributed by atoms with Gasteiger partial charge in [-0.3, -0.25) is 4.79 Å². The van der Waals surface area contributed by atoms with Crippen LogP contribution >= 0.6 is 0 Å². The van der Waals surface area contributed by atoms with E-state index in [9.17, 15) is 14.7 Å². The Labute approximate surface area is 127 Å². The Bertz CT molecular complexity index is 737. The fourth-order valence-corrected chi connectivity index (χ4v) is 3.03. The molecule has 0 radical (unpaired) electrons. The van der Waals surface area contributed by atoms with Crippen molar-refractivity contribution in [2.45, 2.75) is 12.1 Å². The number of amides is 1. The molecular formula is C16H16N2O4. The predicted octanol–water partition coefficient (Wildman–Crippen LogP) is 1.95. The molecule has 2 aromatic rings. The minimum absolute atomic E-state index is 0.210. The van der Waals surface area contributed by atoms with Crippen molar-refractivity contribution in [3.05, 3.63) is 53.9 Å². The lowest BCUT2D eigenvalue weighted by molar-refractivity contribution is -0.143. The van der Waals surface area contributed by atoms with Gasteiger partial charge in [-0.2, -0.15) is 0 Å². The first kappa shape index (κ1) is 14.2. The fraction of sp³-hybridized carbons (Fsp3) is 0.250. The van der Waals surface area contributed by atoms with Crippen LogP contribution < -0.4 is 4.74 Å². The van der Waals surface area contributed by atoms with E-state index in [1.807, 2.05) is 6.07 Å².